The molecule has 0 aromatic heterocycles. The molecule has 214 valence electrons. The predicted molar refractivity (Wildman–Crippen MR) is 143 cm³/mol. The lowest BCUT2D eigenvalue weighted by Gasteiger charge is -2.32. The first kappa shape index (κ1) is 34.8. The number of carbonyl (C=O) groups excluding carboxylic acids is 2. The van der Waals surface area contributed by atoms with Gasteiger partial charge in [0.25, 0.3) is 0 Å². The molecule has 0 aliphatic carbocycles. The lowest BCUT2D eigenvalue weighted by Crippen LogP contribution is -2.47. The normalized spacial score (nSPS) is 14.7. The van der Waals surface area contributed by atoms with E-state index in [0.717, 1.165) is 38.5 Å². The minimum atomic E-state index is -1.87. The fraction of sp³-hybridized carbons (Fsp3) is 0.931. The van der Waals surface area contributed by atoms with Gasteiger partial charge >= 0.3 is 11.9 Å². The van der Waals surface area contributed by atoms with Crippen LogP contribution in [0.25, 0.3) is 0 Å². The molecule has 0 aromatic rings. The first-order valence-electron chi connectivity index (χ1n) is 14.7. The molecule has 0 spiro atoms. The minimum Gasteiger partial charge on any atom is -0.447 e. The zero-order valence-corrected chi connectivity index (χ0v) is 23.5. The third kappa shape index (κ3) is 17.3. The number of carbonyl (C=O) groups is 2. The van der Waals surface area contributed by atoms with Crippen molar-refractivity contribution in [2.45, 2.75) is 167 Å². The van der Waals surface area contributed by atoms with Crippen molar-refractivity contribution in [3.63, 3.8) is 0 Å². The number of ether oxygens (including phenoxy) is 2. The molecule has 36 heavy (non-hydrogen) atoms. The lowest BCUT2D eigenvalue weighted by molar-refractivity contribution is -0.215. The Kier molecular flexibility index (Phi) is 22.2. The van der Waals surface area contributed by atoms with Crippen LogP contribution in [0.2, 0.25) is 0 Å². The summed E-state index contributed by atoms with van der Waals surface area (Å²) >= 11 is 0. The van der Waals surface area contributed by atoms with E-state index in [0.29, 0.717) is 25.7 Å². The molecule has 0 saturated carbocycles. The van der Waals surface area contributed by atoms with Gasteiger partial charge in [0.15, 0.2) is 0 Å². The molecule has 7 heteroatoms. The number of hydrogen-bond donors (Lipinski definition) is 3. The van der Waals surface area contributed by atoms with Crippen LogP contribution in [0.1, 0.15) is 149 Å². The van der Waals surface area contributed by atoms with Crippen LogP contribution in [0.15, 0.2) is 0 Å². The van der Waals surface area contributed by atoms with Crippen molar-refractivity contribution in [2.24, 2.45) is 0 Å². The summed E-state index contributed by atoms with van der Waals surface area (Å²) in [5, 5.41) is 28.6. The smallest absolute Gasteiger partial charge is 0.353 e. The SMILES string of the molecule is CCCCCCCCCCCCC(CCCCCCCCCC)(OC(C)=O)C(=O)OC(O)C(O)CO. The van der Waals surface area contributed by atoms with Crippen LogP contribution in [0, 0.1) is 0 Å². The highest BCUT2D eigenvalue weighted by Crippen LogP contribution is 2.30. The third-order valence-corrected chi connectivity index (χ3v) is 6.82. The van der Waals surface area contributed by atoms with Gasteiger partial charge in [-0.15, -0.1) is 0 Å². The van der Waals surface area contributed by atoms with Gasteiger partial charge in [-0.1, -0.05) is 117 Å². The van der Waals surface area contributed by atoms with Gasteiger partial charge in [-0.2, -0.15) is 0 Å². The highest BCUT2D eigenvalue weighted by atomic mass is 16.7. The summed E-state index contributed by atoms with van der Waals surface area (Å²) in [5.74, 6) is -1.42. The van der Waals surface area contributed by atoms with Crippen molar-refractivity contribution in [1.29, 1.82) is 0 Å². The van der Waals surface area contributed by atoms with Crippen molar-refractivity contribution < 1.29 is 34.4 Å². The van der Waals surface area contributed by atoms with Gasteiger partial charge in [-0.25, -0.2) is 4.79 Å². The molecule has 0 aromatic carbocycles. The van der Waals surface area contributed by atoms with E-state index in [4.69, 9.17) is 14.6 Å². The number of aliphatic hydroxyl groups is 3. The second kappa shape index (κ2) is 23.0. The van der Waals surface area contributed by atoms with E-state index in [1.807, 2.05) is 0 Å². The van der Waals surface area contributed by atoms with Crippen LogP contribution in [0.4, 0.5) is 0 Å². The molecule has 0 amide bonds. The molecule has 0 bridgehead atoms. The van der Waals surface area contributed by atoms with E-state index >= 15 is 0 Å². The molecular formula is C29H56O7. The fourth-order valence-corrected chi connectivity index (χ4v) is 4.58. The second-order valence-corrected chi connectivity index (χ2v) is 10.3. The molecule has 0 heterocycles. The third-order valence-electron chi connectivity index (χ3n) is 6.82. The Hall–Kier alpha value is -1.18. The monoisotopic (exact) mass is 516 g/mol. The number of esters is 2. The number of unbranched alkanes of at least 4 members (excludes halogenated alkanes) is 16. The molecular weight excluding hydrogens is 460 g/mol. The maximum atomic E-state index is 13.1. The second-order valence-electron chi connectivity index (χ2n) is 10.3. The highest BCUT2D eigenvalue weighted by Gasteiger charge is 2.44. The molecule has 0 aliphatic heterocycles. The summed E-state index contributed by atoms with van der Waals surface area (Å²) in [6.07, 6.45) is 17.3. The first-order chi connectivity index (χ1) is 17.3. The van der Waals surface area contributed by atoms with Crippen LogP contribution < -0.4 is 0 Å². The fourth-order valence-electron chi connectivity index (χ4n) is 4.58. The van der Waals surface area contributed by atoms with E-state index in [2.05, 4.69) is 13.8 Å². The van der Waals surface area contributed by atoms with E-state index in [-0.39, 0.29) is 0 Å². The minimum absolute atomic E-state index is 0.319. The quantitative estimate of drug-likeness (QED) is 0.0736. The Labute approximate surface area is 220 Å². The van der Waals surface area contributed by atoms with Gasteiger partial charge in [0, 0.05) is 6.92 Å². The van der Waals surface area contributed by atoms with Crippen LogP contribution in [-0.4, -0.2) is 51.9 Å². The van der Waals surface area contributed by atoms with Gasteiger partial charge in [-0.05, 0) is 25.7 Å². The summed E-state index contributed by atoms with van der Waals surface area (Å²) in [6.45, 7) is 4.94. The molecule has 0 rings (SSSR count). The van der Waals surface area contributed by atoms with Gasteiger partial charge in [0.2, 0.25) is 11.9 Å². The average Bonchev–Trinajstić information content (AvgIpc) is 2.85. The van der Waals surface area contributed by atoms with Crippen LogP contribution in [0.5, 0.6) is 0 Å². The highest BCUT2D eigenvalue weighted by molar-refractivity contribution is 5.83. The molecule has 0 fully saturated rings. The Bertz CT molecular complexity index is 540. The van der Waals surface area contributed by atoms with Crippen LogP contribution >= 0.6 is 0 Å². The summed E-state index contributed by atoms with van der Waals surface area (Å²) in [5.41, 5.74) is -1.48. The standard InChI is InChI=1S/C29H56O7/c1-4-6-8-10-12-14-15-17-19-21-23-29(36-25(3)31,28(34)35-27(33)26(32)24-30)22-20-18-16-13-11-9-7-5-2/h26-27,30,32-33H,4-24H2,1-3H3. The van der Waals surface area contributed by atoms with Crippen molar-refractivity contribution >= 4 is 11.9 Å². The van der Waals surface area contributed by atoms with E-state index in [1.54, 1.807) is 0 Å². The summed E-state index contributed by atoms with van der Waals surface area (Å²) in [4.78, 5) is 25.1. The van der Waals surface area contributed by atoms with Crippen molar-refractivity contribution in [2.75, 3.05) is 6.61 Å². The van der Waals surface area contributed by atoms with E-state index in [9.17, 15) is 19.8 Å². The summed E-state index contributed by atoms with van der Waals surface area (Å²) in [6, 6.07) is 0. The zero-order chi connectivity index (χ0) is 27.1. The topological polar surface area (TPSA) is 113 Å². The number of rotatable bonds is 25. The van der Waals surface area contributed by atoms with Crippen molar-refractivity contribution in [3.8, 4) is 0 Å². The van der Waals surface area contributed by atoms with Crippen molar-refractivity contribution in [3.05, 3.63) is 0 Å². The van der Waals surface area contributed by atoms with E-state index in [1.165, 1.54) is 71.1 Å². The molecule has 0 aliphatic rings. The molecule has 7 nitrogen and oxygen atoms in total. The first-order valence-corrected chi connectivity index (χ1v) is 14.7. The van der Waals surface area contributed by atoms with Gasteiger partial charge in [0.1, 0.15) is 6.10 Å². The molecule has 0 saturated heterocycles. The number of hydrogen-bond acceptors (Lipinski definition) is 7. The largest absolute Gasteiger partial charge is 0.447 e. The van der Waals surface area contributed by atoms with Crippen LogP contribution in [-0.2, 0) is 19.1 Å². The zero-order valence-electron chi connectivity index (χ0n) is 23.5. The Morgan fingerprint density at radius 3 is 1.36 bits per heavy atom. The van der Waals surface area contributed by atoms with Gasteiger partial charge in [0.05, 0.1) is 6.61 Å². The van der Waals surface area contributed by atoms with Gasteiger partial charge < -0.3 is 24.8 Å². The van der Waals surface area contributed by atoms with Gasteiger partial charge in [-0.3, -0.25) is 4.79 Å². The molecule has 3 N–H and O–H groups in total. The Morgan fingerprint density at radius 2 is 1.03 bits per heavy atom. The maximum Gasteiger partial charge on any atom is 0.353 e. The van der Waals surface area contributed by atoms with Crippen LogP contribution in [0.3, 0.4) is 0 Å². The lowest BCUT2D eigenvalue weighted by atomic mass is 9.89. The predicted octanol–water partition coefficient (Wildman–Crippen LogP) is 6.34. The van der Waals surface area contributed by atoms with E-state index < -0.39 is 36.5 Å². The molecule has 3 atom stereocenters. The Morgan fingerprint density at radius 1 is 0.667 bits per heavy atom. The maximum absolute atomic E-state index is 13.1. The molecule has 3 unspecified atom stereocenters. The van der Waals surface area contributed by atoms with Crippen molar-refractivity contribution in [1.82, 2.24) is 0 Å². The summed E-state index contributed by atoms with van der Waals surface area (Å²) in [7, 11) is 0. The molecule has 0 radical (unpaired) electrons. The Balaban J connectivity index is 4.89. The number of aliphatic hydroxyl groups excluding tert-OH is 3. The average molecular weight is 517 g/mol. The summed E-state index contributed by atoms with van der Waals surface area (Å²) < 4.78 is 10.7.